The normalized spacial score (nSPS) is 27.7. The van der Waals surface area contributed by atoms with Crippen LogP contribution >= 0.6 is 0 Å². The number of amides is 1. The van der Waals surface area contributed by atoms with E-state index in [0.29, 0.717) is 13.0 Å². The van der Waals surface area contributed by atoms with E-state index >= 15 is 0 Å². The average molecular weight is 330 g/mol. The van der Waals surface area contributed by atoms with Gasteiger partial charge in [-0.1, -0.05) is 36.8 Å². The Balaban J connectivity index is 1.56. The van der Waals surface area contributed by atoms with Crippen LogP contribution in [0.4, 0.5) is 0 Å². The highest BCUT2D eigenvalue weighted by atomic mass is 16.5. The molecule has 0 aromatic heterocycles. The van der Waals surface area contributed by atoms with E-state index in [1.54, 1.807) is 0 Å². The Hall–Kier alpha value is -1.72. The zero-order valence-electron chi connectivity index (χ0n) is 14.0. The number of ether oxygens (including phenoxy) is 1. The molecule has 1 saturated heterocycles. The van der Waals surface area contributed by atoms with Gasteiger partial charge in [0.05, 0.1) is 18.8 Å². The van der Waals surface area contributed by atoms with Gasteiger partial charge in [0.1, 0.15) is 6.04 Å². The van der Waals surface area contributed by atoms with E-state index in [1.165, 1.54) is 0 Å². The average Bonchev–Trinajstić information content (AvgIpc) is 2.63. The van der Waals surface area contributed by atoms with Crippen LogP contribution in [0.3, 0.4) is 0 Å². The van der Waals surface area contributed by atoms with Crippen LogP contribution in [0.1, 0.15) is 44.1 Å². The van der Waals surface area contributed by atoms with Gasteiger partial charge in [-0.25, -0.2) is 0 Å². The first kappa shape index (κ1) is 17.1. The zero-order chi connectivity index (χ0) is 16.8. The minimum atomic E-state index is -0.378. The van der Waals surface area contributed by atoms with Crippen LogP contribution in [0.15, 0.2) is 30.3 Å². The number of benzene rings is 1. The zero-order valence-corrected chi connectivity index (χ0v) is 14.0. The Morgan fingerprint density at radius 2 is 2.00 bits per heavy atom. The largest absolute Gasteiger partial charge is 0.371 e. The molecule has 1 heterocycles. The summed E-state index contributed by atoms with van der Waals surface area (Å²) in [5.74, 6) is 0.0557. The van der Waals surface area contributed by atoms with Crippen LogP contribution in [-0.4, -0.2) is 36.4 Å². The van der Waals surface area contributed by atoms with Crippen molar-refractivity contribution in [2.75, 3.05) is 6.54 Å². The second-order valence-corrected chi connectivity index (χ2v) is 6.68. The second-order valence-electron chi connectivity index (χ2n) is 6.68. The molecule has 0 radical (unpaired) electrons. The molecule has 24 heavy (non-hydrogen) atoms. The number of rotatable bonds is 5. The molecule has 2 aliphatic rings. The van der Waals surface area contributed by atoms with Crippen LogP contribution < -0.4 is 10.6 Å². The molecule has 5 heteroatoms. The van der Waals surface area contributed by atoms with E-state index in [2.05, 4.69) is 10.6 Å². The van der Waals surface area contributed by atoms with Crippen molar-refractivity contribution in [1.82, 2.24) is 10.6 Å². The molecule has 0 spiro atoms. The maximum absolute atomic E-state index is 12.6. The van der Waals surface area contributed by atoms with Gasteiger partial charge in [0.25, 0.3) is 0 Å². The van der Waals surface area contributed by atoms with E-state index in [9.17, 15) is 9.59 Å². The van der Waals surface area contributed by atoms with Crippen molar-refractivity contribution < 1.29 is 14.3 Å². The molecule has 3 rings (SSSR count). The lowest BCUT2D eigenvalue weighted by Gasteiger charge is -2.33. The van der Waals surface area contributed by atoms with Crippen molar-refractivity contribution in [3.05, 3.63) is 35.9 Å². The summed E-state index contributed by atoms with van der Waals surface area (Å²) in [6.45, 7) is 1.31. The van der Waals surface area contributed by atoms with Gasteiger partial charge in [-0.2, -0.15) is 0 Å². The Morgan fingerprint density at radius 3 is 2.79 bits per heavy atom. The predicted molar refractivity (Wildman–Crippen MR) is 91.4 cm³/mol. The number of carbonyl (C=O) groups excluding carboxylic acids is 2. The number of piperidine rings is 1. The van der Waals surface area contributed by atoms with Crippen molar-refractivity contribution >= 4 is 11.7 Å². The molecule has 2 N–H and O–H groups in total. The maximum Gasteiger partial charge on any atom is 0.240 e. The summed E-state index contributed by atoms with van der Waals surface area (Å²) in [4.78, 5) is 24.6. The third-order valence-electron chi connectivity index (χ3n) is 4.86. The molecule has 1 aromatic carbocycles. The summed E-state index contributed by atoms with van der Waals surface area (Å²) in [5, 5.41) is 6.20. The number of carbonyl (C=O) groups is 2. The predicted octanol–water partition coefficient (Wildman–Crippen LogP) is 1.95. The molecule has 1 aliphatic heterocycles. The molecule has 0 bridgehead atoms. The lowest BCUT2D eigenvalue weighted by atomic mass is 9.93. The number of Topliss-reactive ketones (excluding diaryl/α,β-unsaturated/α-hetero) is 1. The van der Waals surface area contributed by atoms with Crippen molar-refractivity contribution in [3.8, 4) is 0 Å². The first-order valence-electron chi connectivity index (χ1n) is 8.96. The van der Waals surface area contributed by atoms with Crippen molar-refractivity contribution in [1.29, 1.82) is 0 Å². The third-order valence-corrected chi connectivity index (χ3v) is 4.86. The van der Waals surface area contributed by atoms with Gasteiger partial charge in [0, 0.05) is 6.42 Å². The second kappa shape index (κ2) is 8.40. The molecule has 1 aromatic rings. The van der Waals surface area contributed by atoms with Gasteiger partial charge in [0.2, 0.25) is 5.91 Å². The highest BCUT2D eigenvalue weighted by Gasteiger charge is 2.34. The first-order chi connectivity index (χ1) is 11.7. The first-order valence-corrected chi connectivity index (χ1v) is 8.96. The summed E-state index contributed by atoms with van der Waals surface area (Å²) in [6.07, 6.45) is 4.97. The Morgan fingerprint density at radius 1 is 1.17 bits per heavy atom. The summed E-state index contributed by atoms with van der Waals surface area (Å²) in [7, 11) is 0. The SMILES string of the molecule is O=C1CCCCC1NC(=O)C1NCCCC1OCc1ccccc1. The lowest BCUT2D eigenvalue weighted by Crippen LogP contribution is -2.57. The number of hydrogen-bond donors (Lipinski definition) is 2. The molecule has 1 aliphatic carbocycles. The molecule has 5 nitrogen and oxygen atoms in total. The molecule has 1 amide bonds. The van der Waals surface area contributed by atoms with E-state index in [0.717, 1.165) is 44.2 Å². The van der Waals surface area contributed by atoms with Gasteiger partial charge in [-0.05, 0) is 37.8 Å². The van der Waals surface area contributed by atoms with Gasteiger partial charge < -0.3 is 15.4 Å². The topological polar surface area (TPSA) is 67.4 Å². The highest BCUT2D eigenvalue weighted by Crippen LogP contribution is 2.18. The summed E-state index contributed by atoms with van der Waals surface area (Å²) in [5.41, 5.74) is 1.10. The monoisotopic (exact) mass is 330 g/mol. The van der Waals surface area contributed by atoms with Crippen LogP contribution in [0.5, 0.6) is 0 Å². The summed E-state index contributed by atoms with van der Waals surface area (Å²) < 4.78 is 6.01. The molecule has 130 valence electrons. The van der Waals surface area contributed by atoms with Crippen molar-refractivity contribution in [2.45, 2.75) is 63.3 Å². The number of ketones is 1. The van der Waals surface area contributed by atoms with Gasteiger partial charge in [0.15, 0.2) is 5.78 Å². The summed E-state index contributed by atoms with van der Waals surface area (Å²) >= 11 is 0. The molecular weight excluding hydrogens is 304 g/mol. The Kier molecular flexibility index (Phi) is 5.99. The molecular formula is C19H26N2O3. The van der Waals surface area contributed by atoms with Crippen molar-refractivity contribution in [3.63, 3.8) is 0 Å². The molecule has 1 saturated carbocycles. The Labute approximate surface area is 143 Å². The van der Waals surface area contributed by atoms with Crippen LogP contribution in [0, 0.1) is 0 Å². The fourth-order valence-corrected chi connectivity index (χ4v) is 3.47. The quantitative estimate of drug-likeness (QED) is 0.866. The molecule has 2 fully saturated rings. The molecule has 3 atom stereocenters. The lowest BCUT2D eigenvalue weighted by molar-refractivity contribution is -0.133. The maximum atomic E-state index is 12.6. The van der Waals surface area contributed by atoms with E-state index < -0.39 is 0 Å². The Bertz CT molecular complexity index is 561. The number of hydrogen-bond acceptors (Lipinski definition) is 4. The van der Waals surface area contributed by atoms with Gasteiger partial charge in [-0.3, -0.25) is 9.59 Å². The standard InChI is InChI=1S/C19H26N2O3/c22-16-10-5-4-9-15(16)21-19(23)18-17(11-6-12-20-18)24-13-14-7-2-1-3-8-14/h1-3,7-8,15,17-18,20H,4-6,9-13H2,(H,21,23). The van der Waals surface area contributed by atoms with Crippen LogP contribution in [-0.2, 0) is 20.9 Å². The number of nitrogens with one attached hydrogen (secondary N) is 2. The summed E-state index contributed by atoms with van der Waals surface area (Å²) in [6, 6.07) is 9.29. The fourth-order valence-electron chi connectivity index (χ4n) is 3.47. The third kappa shape index (κ3) is 4.42. The van der Waals surface area contributed by atoms with E-state index in [4.69, 9.17) is 4.74 Å². The van der Waals surface area contributed by atoms with Crippen molar-refractivity contribution in [2.24, 2.45) is 0 Å². The van der Waals surface area contributed by atoms with Crippen LogP contribution in [0.2, 0.25) is 0 Å². The minimum absolute atomic E-state index is 0.104. The fraction of sp³-hybridized carbons (Fsp3) is 0.579. The minimum Gasteiger partial charge on any atom is -0.371 e. The van der Waals surface area contributed by atoms with Gasteiger partial charge >= 0.3 is 0 Å². The van der Waals surface area contributed by atoms with Gasteiger partial charge in [-0.15, -0.1) is 0 Å². The smallest absolute Gasteiger partial charge is 0.240 e. The van der Waals surface area contributed by atoms with Crippen LogP contribution in [0.25, 0.3) is 0 Å². The van der Waals surface area contributed by atoms with E-state index in [-0.39, 0.29) is 29.9 Å². The van der Waals surface area contributed by atoms with E-state index in [1.807, 2.05) is 30.3 Å². The molecule has 3 unspecified atom stereocenters. The highest BCUT2D eigenvalue weighted by molar-refractivity contribution is 5.91.